The molecular formula is C57H103O23P. The van der Waals surface area contributed by atoms with Crippen LogP contribution < -0.4 is 0 Å². The predicted octanol–water partition coefficient (Wildman–Crippen LogP) is 4.49. The Kier molecular flexibility index (Phi) is 37.8. The molecule has 1 saturated carbocycles. The molecule has 2 saturated heterocycles. The van der Waals surface area contributed by atoms with Gasteiger partial charge in [-0.1, -0.05) is 186 Å². The molecule has 81 heavy (non-hydrogen) atoms. The van der Waals surface area contributed by atoms with Gasteiger partial charge < -0.3 is 89.5 Å². The van der Waals surface area contributed by atoms with Crippen LogP contribution in [-0.4, -0.2) is 204 Å². The van der Waals surface area contributed by atoms with Crippen LogP contribution in [0.2, 0.25) is 0 Å². The molecule has 16 unspecified atom stereocenters. The van der Waals surface area contributed by atoms with E-state index in [0.717, 1.165) is 63.9 Å². The van der Waals surface area contributed by atoms with Crippen LogP contribution in [0.3, 0.4) is 0 Å². The predicted molar refractivity (Wildman–Crippen MR) is 296 cm³/mol. The second-order valence-corrected chi connectivity index (χ2v) is 23.4. The molecule has 0 radical (unpaired) electrons. The van der Waals surface area contributed by atoms with E-state index in [4.69, 9.17) is 37.5 Å². The van der Waals surface area contributed by atoms with Gasteiger partial charge in [-0.25, -0.2) is 9.36 Å². The zero-order chi connectivity index (χ0) is 59.6. The minimum atomic E-state index is -5.65. The zero-order valence-corrected chi connectivity index (χ0v) is 49.0. The fraction of sp³-hybridized carbons (Fsp3) is 0.895. The lowest BCUT2D eigenvalue weighted by atomic mass is 9.84. The van der Waals surface area contributed by atoms with Gasteiger partial charge in [-0.2, -0.15) is 0 Å². The molecule has 0 aromatic carbocycles. The summed E-state index contributed by atoms with van der Waals surface area (Å²) in [7, 11) is -5.65. The van der Waals surface area contributed by atoms with Crippen LogP contribution in [0.4, 0.5) is 0 Å². The summed E-state index contributed by atoms with van der Waals surface area (Å²) in [6.45, 7) is 0.905. The lowest BCUT2D eigenvalue weighted by Crippen LogP contribution is -2.69. The number of phosphoric acid groups is 1. The van der Waals surface area contributed by atoms with Crippen LogP contribution in [-0.2, 0) is 51.6 Å². The summed E-state index contributed by atoms with van der Waals surface area (Å²) in [5.74, 6) is -1.58. The normalized spacial score (nSPS) is 31.1. The number of unbranched alkanes of at least 4 members (excludes halogenated alkanes) is 25. The van der Waals surface area contributed by atoms with Gasteiger partial charge >= 0.3 is 19.8 Å². The van der Waals surface area contributed by atoms with Crippen molar-refractivity contribution in [2.24, 2.45) is 0 Å². The number of esters is 2. The summed E-state index contributed by atoms with van der Waals surface area (Å²) in [5, 5.41) is 117. The van der Waals surface area contributed by atoms with Crippen molar-refractivity contribution >= 4 is 19.8 Å². The highest BCUT2D eigenvalue weighted by atomic mass is 31.2. The third-order valence-corrected chi connectivity index (χ3v) is 16.1. The van der Waals surface area contributed by atoms with Gasteiger partial charge in [0.15, 0.2) is 18.7 Å². The molecule has 1 aliphatic carbocycles. The molecule has 474 valence electrons. The van der Waals surface area contributed by atoms with E-state index in [0.29, 0.717) is 6.42 Å². The Hall–Kier alpha value is -2.07. The number of phosphoric ester groups is 1. The fourth-order valence-electron chi connectivity index (χ4n) is 10.1. The van der Waals surface area contributed by atoms with E-state index in [9.17, 15) is 75.2 Å². The molecule has 0 spiro atoms. The molecule has 0 aromatic rings. The van der Waals surface area contributed by atoms with Gasteiger partial charge in [0.2, 0.25) is 0 Å². The van der Waals surface area contributed by atoms with Gasteiger partial charge in [-0.05, 0) is 19.3 Å². The van der Waals surface area contributed by atoms with Crippen molar-refractivity contribution in [3.05, 3.63) is 24.3 Å². The number of hydrogen-bond acceptors (Lipinski definition) is 22. The minimum absolute atomic E-state index is 0.0477. The fourth-order valence-corrected chi connectivity index (χ4v) is 11.1. The number of hydrogen-bond donors (Lipinski definition) is 12. The van der Waals surface area contributed by atoms with Gasteiger partial charge in [0.05, 0.1) is 19.8 Å². The second kappa shape index (κ2) is 41.9. The lowest BCUT2D eigenvalue weighted by Gasteiger charge is -2.49. The van der Waals surface area contributed by atoms with Crippen LogP contribution >= 0.6 is 7.82 Å². The summed E-state index contributed by atoms with van der Waals surface area (Å²) < 4.78 is 57.9. The molecular weight excluding hydrogens is 1080 g/mol. The van der Waals surface area contributed by atoms with Crippen molar-refractivity contribution in [1.29, 1.82) is 0 Å². The van der Waals surface area contributed by atoms with Crippen molar-refractivity contribution in [3.8, 4) is 0 Å². The van der Waals surface area contributed by atoms with Crippen LogP contribution in [0.25, 0.3) is 0 Å². The monoisotopic (exact) mass is 1190 g/mol. The van der Waals surface area contributed by atoms with E-state index >= 15 is 0 Å². The third-order valence-electron chi connectivity index (χ3n) is 15.1. The van der Waals surface area contributed by atoms with Crippen molar-refractivity contribution in [1.82, 2.24) is 0 Å². The van der Waals surface area contributed by atoms with Crippen molar-refractivity contribution < 1.29 is 113 Å². The third kappa shape index (κ3) is 27.5. The Bertz CT molecular complexity index is 1710. The average molecular weight is 1190 g/mol. The molecule has 0 bridgehead atoms. The number of ether oxygens (including phenoxy) is 6. The largest absolute Gasteiger partial charge is 0.472 e. The Labute approximate surface area is 479 Å². The smallest absolute Gasteiger partial charge is 0.458 e. The molecule has 2 aliphatic heterocycles. The van der Waals surface area contributed by atoms with Gasteiger partial charge in [-0.15, -0.1) is 0 Å². The van der Waals surface area contributed by atoms with Crippen LogP contribution in [0.15, 0.2) is 24.3 Å². The Morgan fingerprint density at radius 3 is 1.31 bits per heavy atom. The first kappa shape index (κ1) is 73.2. The molecule has 16 atom stereocenters. The van der Waals surface area contributed by atoms with Crippen molar-refractivity contribution in [2.75, 3.05) is 26.4 Å². The van der Waals surface area contributed by atoms with Crippen LogP contribution in [0, 0.1) is 0 Å². The number of carbonyl (C=O) groups excluding carboxylic acids is 2. The number of rotatable bonds is 44. The molecule has 2 heterocycles. The van der Waals surface area contributed by atoms with E-state index < -0.39 is 150 Å². The van der Waals surface area contributed by atoms with Crippen LogP contribution in [0.1, 0.15) is 194 Å². The topological polar surface area (TPSA) is 368 Å². The SMILES string of the molecule is CCCCCCCCCCCCCC=CC=CC(=O)OCC(COP(=O)(O)OC1C(OC2OC(CO)C(O)C(O)C2O)C(O)C(O)C(O)C1OC1OC(CO)C(O)C(O)C1O)OC(=O)CCCCCCCCCCCCCCCCC. The van der Waals surface area contributed by atoms with Crippen molar-refractivity contribution in [3.63, 3.8) is 0 Å². The summed E-state index contributed by atoms with van der Waals surface area (Å²) >= 11 is 0. The van der Waals surface area contributed by atoms with Gasteiger partial charge in [0.25, 0.3) is 0 Å². The highest BCUT2D eigenvalue weighted by Gasteiger charge is 2.58. The van der Waals surface area contributed by atoms with E-state index in [1.54, 1.807) is 6.08 Å². The number of allylic oxidation sites excluding steroid dienone is 3. The maximum absolute atomic E-state index is 14.0. The van der Waals surface area contributed by atoms with E-state index in [1.807, 2.05) is 6.08 Å². The van der Waals surface area contributed by atoms with Crippen molar-refractivity contribution in [2.45, 2.75) is 298 Å². The Morgan fingerprint density at radius 2 is 0.889 bits per heavy atom. The molecule has 3 fully saturated rings. The first-order valence-electron chi connectivity index (χ1n) is 30.2. The van der Waals surface area contributed by atoms with E-state index in [2.05, 4.69) is 13.8 Å². The highest BCUT2D eigenvalue weighted by molar-refractivity contribution is 7.47. The standard InChI is InChI=1S/C57H103O23P/c1-3-5-7-9-11-13-15-17-19-21-23-25-27-29-31-33-42(60)73-37-39(75-43(61)34-32-30-28-26-24-22-20-18-16-14-12-10-8-6-4-2)38-74-81(71,72)80-55-53(78-56-51(69)46(64)44(62)40(35-58)76-56)49(67)48(66)50(68)54(55)79-57-52(70)47(65)45(63)41(36-59)77-57/h27,29,31,33,39-41,44-59,62-70H,3-26,28,30,32,34-38H2,1-2H3,(H,71,72). The summed E-state index contributed by atoms with van der Waals surface area (Å²) in [5.41, 5.74) is 0. The molecule has 3 aliphatic rings. The first-order chi connectivity index (χ1) is 38.9. The maximum Gasteiger partial charge on any atom is 0.472 e. The van der Waals surface area contributed by atoms with Gasteiger partial charge in [0.1, 0.15) is 92.1 Å². The second-order valence-electron chi connectivity index (χ2n) is 22.0. The Balaban J connectivity index is 1.71. The number of aliphatic hydroxyl groups is 11. The molecule has 0 amide bonds. The van der Waals surface area contributed by atoms with Gasteiger partial charge in [-0.3, -0.25) is 13.8 Å². The summed E-state index contributed by atoms with van der Waals surface area (Å²) in [6.07, 6.45) is 2.20. The van der Waals surface area contributed by atoms with E-state index in [1.165, 1.54) is 115 Å². The molecule has 23 nitrogen and oxygen atoms in total. The zero-order valence-electron chi connectivity index (χ0n) is 48.1. The quantitative estimate of drug-likeness (QED) is 0.0131. The van der Waals surface area contributed by atoms with Gasteiger partial charge in [0, 0.05) is 12.5 Å². The molecule has 12 N–H and O–H groups in total. The highest BCUT2D eigenvalue weighted by Crippen LogP contribution is 2.49. The number of aliphatic hydroxyl groups excluding tert-OH is 11. The van der Waals surface area contributed by atoms with Crippen LogP contribution in [0.5, 0.6) is 0 Å². The maximum atomic E-state index is 14.0. The first-order valence-corrected chi connectivity index (χ1v) is 31.7. The Morgan fingerprint density at radius 1 is 0.494 bits per heavy atom. The molecule has 0 aromatic heterocycles. The minimum Gasteiger partial charge on any atom is -0.458 e. The average Bonchev–Trinajstić information content (AvgIpc) is 3.48. The lowest BCUT2D eigenvalue weighted by molar-refractivity contribution is -0.360. The summed E-state index contributed by atoms with van der Waals surface area (Å²) in [6, 6.07) is 0. The number of carbonyl (C=O) groups is 2. The van der Waals surface area contributed by atoms with E-state index in [-0.39, 0.29) is 6.42 Å². The summed E-state index contributed by atoms with van der Waals surface area (Å²) in [4.78, 5) is 37.4. The molecule has 24 heteroatoms. The molecule has 3 rings (SSSR count).